The highest BCUT2D eigenvalue weighted by molar-refractivity contribution is 9.10. The molecular formula is C14H12BrClFNO. The smallest absolute Gasteiger partial charge is 0.147 e. The van der Waals surface area contributed by atoms with Gasteiger partial charge in [-0.3, -0.25) is 0 Å². The van der Waals surface area contributed by atoms with Crippen LogP contribution in [0.5, 0.6) is 5.75 Å². The first-order valence-corrected chi connectivity index (χ1v) is 6.89. The summed E-state index contributed by atoms with van der Waals surface area (Å²) in [5.74, 6) is 0.415. The number of ether oxygens (including phenoxy) is 1. The second-order valence-corrected chi connectivity index (χ2v) is 5.21. The zero-order valence-corrected chi connectivity index (χ0v) is 12.3. The zero-order chi connectivity index (χ0) is 13.7. The standard InChI is InChI=1S/C14H12BrClFNO/c15-10-1-4-12(5-2-10)19-8-7-18-14-6-3-11(16)9-13(14)17/h1-6,9,18H,7-8H2. The molecule has 0 saturated carbocycles. The van der Waals surface area contributed by atoms with E-state index in [1.54, 1.807) is 12.1 Å². The third kappa shape index (κ3) is 4.40. The van der Waals surface area contributed by atoms with Crippen molar-refractivity contribution in [1.82, 2.24) is 0 Å². The Bertz CT molecular complexity index is 548. The number of hydrogen-bond acceptors (Lipinski definition) is 2. The molecule has 0 amide bonds. The number of rotatable bonds is 5. The monoisotopic (exact) mass is 343 g/mol. The van der Waals surface area contributed by atoms with Crippen LogP contribution in [-0.4, -0.2) is 13.2 Å². The molecule has 0 heterocycles. The first kappa shape index (κ1) is 14.2. The van der Waals surface area contributed by atoms with Crippen molar-refractivity contribution in [1.29, 1.82) is 0 Å². The lowest BCUT2D eigenvalue weighted by molar-refractivity contribution is 0.332. The Morgan fingerprint density at radius 3 is 2.58 bits per heavy atom. The average Bonchev–Trinajstić information content (AvgIpc) is 2.39. The van der Waals surface area contributed by atoms with Gasteiger partial charge in [0.2, 0.25) is 0 Å². The van der Waals surface area contributed by atoms with E-state index in [9.17, 15) is 4.39 Å². The van der Waals surface area contributed by atoms with Gasteiger partial charge >= 0.3 is 0 Å². The van der Waals surface area contributed by atoms with Crippen molar-refractivity contribution in [2.75, 3.05) is 18.5 Å². The van der Waals surface area contributed by atoms with Crippen LogP contribution in [0.4, 0.5) is 10.1 Å². The maximum absolute atomic E-state index is 13.5. The molecule has 5 heteroatoms. The van der Waals surface area contributed by atoms with Crippen LogP contribution in [-0.2, 0) is 0 Å². The normalized spacial score (nSPS) is 10.3. The van der Waals surface area contributed by atoms with Crippen LogP contribution >= 0.6 is 27.5 Å². The molecule has 2 aromatic rings. The van der Waals surface area contributed by atoms with E-state index in [0.29, 0.717) is 23.9 Å². The van der Waals surface area contributed by atoms with E-state index in [4.69, 9.17) is 16.3 Å². The Kier molecular flexibility index (Phi) is 5.05. The Balaban J connectivity index is 1.79. The first-order chi connectivity index (χ1) is 9.15. The molecule has 0 unspecified atom stereocenters. The summed E-state index contributed by atoms with van der Waals surface area (Å²) in [6.07, 6.45) is 0. The third-order valence-electron chi connectivity index (χ3n) is 2.43. The predicted molar refractivity (Wildman–Crippen MR) is 79.5 cm³/mol. The van der Waals surface area contributed by atoms with Crippen molar-refractivity contribution < 1.29 is 9.13 Å². The predicted octanol–water partition coefficient (Wildman–Crippen LogP) is 4.73. The molecule has 0 aliphatic rings. The van der Waals surface area contributed by atoms with Crippen molar-refractivity contribution in [2.45, 2.75) is 0 Å². The second-order valence-electron chi connectivity index (χ2n) is 3.85. The lowest BCUT2D eigenvalue weighted by atomic mass is 10.3. The summed E-state index contributed by atoms with van der Waals surface area (Å²) in [6, 6.07) is 12.1. The van der Waals surface area contributed by atoms with Gasteiger partial charge in [-0.25, -0.2) is 4.39 Å². The molecule has 2 aromatic carbocycles. The molecule has 0 aliphatic heterocycles. The van der Waals surface area contributed by atoms with Crippen LogP contribution in [0.3, 0.4) is 0 Å². The molecule has 1 N–H and O–H groups in total. The minimum absolute atomic E-state index is 0.365. The highest BCUT2D eigenvalue weighted by Gasteiger charge is 2.01. The molecule has 0 saturated heterocycles. The molecule has 0 aromatic heterocycles. The van der Waals surface area contributed by atoms with Gasteiger partial charge in [0.05, 0.1) is 5.69 Å². The van der Waals surface area contributed by atoms with E-state index in [2.05, 4.69) is 21.2 Å². The van der Waals surface area contributed by atoms with Crippen molar-refractivity contribution >= 4 is 33.2 Å². The summed E-state index contributed by atoms with van der Waals surface area (Å²) in [4.78, 5) is 0. The molecule has 100 valence electrons. The highest BCUT2D eigenvalue weighted by Crippen LogP contribution is 2.19. The van der Waals surface area contributed by atoms with Crippen LogP contribution in [0.2, 0.25) is 5.02 Å². The van der Waals surface area contributed by atoms with Gasteiger partial charge in [0, 0.05) is 16.0 Å². The minimum Gasteiger partial charge on any atom is -0.492 e. The summed E-state index contributed by atoms with van der Waals surface area (Å²) in [5.41, 5.74) is 0.420. The molecule has 2 nitrogen and oxygen atoms in total. The Labute approximate surface area is 124 Å². The molecule has 0 bridgehead atoms. The van der Waals surface area contributed by atoms with Crippen molar-refractivity contribution in [2.24, 2.45) is 0 Å². The molecule has 2 rings (SSSR count). The third-order valence-corrected chi connectivity index (χ3v) is 3.19. The van der Waals surface area contributed by atoms with E-state index >= 15 is 0 Å². The summed E-state index contributed by atoms with van der Waals surface area (Å²) in [6.45, 7) is 0.957. The van der Waals surface area contributed by atoms with Gasteiger partial charge in [-0.05, 0) is 42.5 Å². The van der Waals surface area contributed by atoms with E-state index in [-0.39, 0.29) is 5.82 Å². The number of nitrogens with one attached hydrogen (secondary N) is 1. The minimum atomic E-state index is -0.365. The van der Waals surface area contributed by atoms with Crippen LogP contribution < -0.4 is 10.1 Å². The number of hydrogen-bond donors (Lipinski definition) is 1. The summed E-state index contributed by atoms with van der Waals surface area (Å²) in [5, 5.41) is 3.34. The fraction of sp³-hybridized carbons (Fsp3) is 0.143. The van der Waals surface area contributed by atoms with Crippen molar-refractivity contribution in [3.05, 3.63) is 57.8 Å². The summed E-state index contributed by atoms with van der Waals surface area (Å²) >= 11 is 9.03. The van der Waals surface area contributed by atoms with Crippen molar-refractivity contribution in [3.8, 4) is 5.75 Å². The summed E-state index contributed by atoms with van der Waals surface area (Å²) < 4.78 is 20.0. The number of benzene rings is 2. The van der Waals surface area contributed by atoms with Gasteiger partial charge in [0.25, 0.3) is 0 Å². The average molecular weight is 345 g/mol. The van der Waals surface area contributed by atoms with Crippen LogP contribution in [0.25, 0.3) is 0 Å². The van der Waals surface area contributed by atoms with Crippen LogP contribution in [0.1, 0.15) is 0 Å². The van der Waals surface area contributed by atoms with Crippen LogP contribution in [0, 0.1) is 5.82 Å². The van der Waals surface area contributed by atoms with Gasteiger partial charge in [-0.1, -0.05) is 27.5 Å². The summed E-state index contributed by atoms with van der Waals surface area (Å²) in [7, 11) is 0. The zero-order valence-electron chi connectivity index (χ0n) is 10.00. The van der Waals surface area contributed by atoms with E-state index < -0.39 is 0 Å². The van der Waals surface area contributed by atoms with E-state index in [0.717, 1.165) is 10.2 Å². The molecule has 19 heavy (non-hydrogen) atoms. The molecular weight excluding hydrogens is 333 g/mol. The largest absolute Gasteiger partial charge is 0.492 e. The molecule has 0 fully saturated rings. The Hall–Kier alpha value is -1.26. The quantitative estimate of drug-likeness (QED) is 0.792. The molecule has 0 radical (unpaired) electrons. The molecule has 0 spiro atoms. The molecule has 0 aliphatic carbocycles. The fourth-order valence-electron chi connectivity index (χ4n) is 1.52. The SMILES string of the molecule is Fc1cc(Cl)ccc1NCCOc1ccc(Br)cc1. The highest BCUT2D eigenvalue weighted by atomic mass is 79.9. The van der Waals surface area contributed by atoms with Gasteiger partial charge in [0.1, 0.15) is 18.2 Å². The molecule has 0 atom stereocenters. The van der Waals surface area contributed by atoms with Crippen molar-refractivity contribution in [3.63, 3.8) is 0 Å². The second kappa shape index (κ2) is 6.78. The number of halogens is 3. The lowest BCUT2D eigenvalue weighted by Crippen LogP contribution is -2.12. The fourth-order valence-corrected chi connectivity index (χ4v) is 1.94. The van der Waals surface area contributed by atoms with Gasteiger partial charge < -0.3 is 10.1 Å². The Morgan fingerprint density at radius 2 is 1.89 bits per heavy atom. The lowest BCUT2D eigenvalue weighted by Gasteiger charge is -2.09. The van der Waals surface area contributed by atoms with Gasteiger partial charge in [-0.2, -0.15) is 0 Å². The maximum atomic E-state index is 13.5. The van der Waals surface area contributed by atoms with Crippen LogP contribution in [0.15, 0.2) is 46.9 Å². The van der Waals surface area contributed by atoms with Gasteiger partial charge in [0.15, 0.2) is 0 Å². The maximum Gasteiger partial charge on any atom is 0.147 e. The Morgan fingerprint density at radius 1 is 1.16 bits per heavy atom. The van der Waals surface area contributed by atoms with E-state index in [1.165, 1.54) is 6.07 Å². The van der Waals surface area contributed by atoms with E-state index in [1.807, 2.05) is 24.3 Å². The topological polar surface area (TPSA) is 21.3 Å². The van der Waals surface area contributed by atoms with Gasteiger partial charge in [-0.15, -0.1) is 0 Å². The first-order valence-electron chi connectivity index (χ1n) is 5.72. The number of anilines is 1.